The third-order valence-corrected chi connectivity index (χ3v) is 2.61. The van der Waals surface area contributed by atoms with Crippen LogP contribution >= 0.6 is 0 Å². The average Bonchev–Trinajstić information content (AvgIpc) is 2.70. The molecule has 0 aromatic carbocycles. The van der Waals surface area contributed by atoms with Crippen molar-refractivity contribution in [3.8, 4) is 0 Å². The van der Waals surface area contributed by atoms with Crippen LogP contribution in [0, 0.1) is 5.41 Å². The largest absolute Gasteiger partial charge is 0.356 e. The summed E-state index contributed by atoms with van der Waals surface area (Å²) >= 11 is 0. The van der Waals surface area contributed by atoms with Gasteiger partial charge in [0.2, 0.25) is 5.91 Å². The van der Waals surface area contributed by atoms with Crippen LogP contribution in [0.5, 0.6) is 0 Å². The van der Waals surface area contributed by atoms with Crippen LogP contribution in [0.3, 0.4) is 0 Å². The summed E-state index contributed by atoms with van der Waals surface area (Å²) in [6, 6.07) is 0. The third kappa shape index (κ3) is 1.46. The fourth-order valence-electron chi connectivity index (χ4n) is 1.87. The molecule has 1 spiro atoms. The second-order valence-corrected chi connectivity index (χ2v) is 3.21. The van der Waals surface area contributed by atoms with Crippen LogP contribution in [0.1, 0.15) is 26.7 Å². The second-order valence-electron chi connectivity index (χ2n) is 3.21. The lowest BCUT2D eigenvalue weighted by Crippen LogP contribution is -2.32. The Kier molecular flexibility index (Phi) is 3.09. The zero-order valence-electron chi connectivity index (χ0n) is 7.94. The van der Waals surface area contributed by atoms with Gasteiger partial charge in [-0.15, -0.1) is 0 Å². The summed E-state index contributed by atoms with van der Waals surface area (Å²) in [6.45, 7) is 6.77. The number of carbonyl (C=O) groups is 1. The predicted molar refractivity (Wildman–Crippen MR) is 48.9 cm³/mol. The minimum Gasteiger partial charge on any atom is -0.356 e. The Bertz CT molecular complexity index is 156. The van der Waals surface area contributed by atoms with E-state index in [4.69, 9.17) is 0 Å². The number of rotatable bonds is 0. The Morgan fingerprint density at radius 1 is 1.25 bits per heavy atom. The molecule has 2 fully saturated rings. The van der Waals surface area contributed by atoms with Gasteiger partial charge in [-0.05, 0) is 19.4 Å². The van der Waals surface area contributed by atoms with Gasteiger partial charge in [0.05, 0.1) is 5.41 Å². The number of carbonyl (C=O) groups excluding carboxylic acids is 1. The van der Waals surface area contributed by atoms with Crippen LogP contribution in [0.15, 0.2) is 0 Å². The topological polar surface area (TPSA) is 41.1 Å². The summed E-state index contributed by atoms with van der Waals surface area (Å²) < 4.78 is 0. The fraction of sp³-hybridized carbons (Fsp3) is 0.889. The second kappa shape index (κ2) is 3.90. The van der Waals surface area contributed by atoms with Crippen molar-refractivity contribution >= 4 is 5.91 Å². The molecule has 1 amide bonds. The van der Waals surface area contributed by atoms with Crippen LogP contribution < -0.4 is 10.6 Å². The van der Waals surface area contributed by atoms with Gasteiger partial charge in [0, 0.05) is 13.1 Å². The molecule has 2 N–H and O–H groups in total. The van der Waals surface area contributed by atoms with Gasteiger partial charge >= 0.3 is 0 Å². The number of hydrogen-bond acceptors (Lipinski definition) is 2. The van der Waals surface area contributed by atoms with Crippen molar-refractivity contribution in [2.24, 2.45) is 5.41 Å². The van der Waals surface area contributed by atoms with Gasteiger partial charge in [-0.25, -0.2) is 0 Å². The molecular formula is C9H18N2O. The normalized spacial score (nSPS) is 33.0. The van der Waals surface area contributed by atoms with Gasteiger partial charge in [0.15, 0.2) is 0 Å². The van der Waals surface area contributed by atoms with Crippen molar-refractivity contribution < 1.29 is 4.79 Å². The summed E-state index contributed by atoms with van der Waals surface area (Å²) in [4.78, 5) is 11.2. The first-order valence-corrected chi connectivity index (χ1v) is 4.83. The van der Waals surface area contributed by atoms with E-state index in [2.05, 4.69) is 10.6 Å². The molecule has 2 saturated heterocycles. The third-order valence-electron chi connectivity index (χ3n) is 2.61. The van der Waals surface area contributed by atoms with E-state index >= 15 is 0 Å². The molecule has 0 aromatic heterocycles. The maximum absolute atomic E-state index is 11.2. The number of hydrogen-bond donors (Lipinski definition) is 2. The highest BCUT2D eigenvalue weighted by atomic mass is 16.2. The van der Waals surface area contributed by atoms with Crippen molar-refractivity contribution in [3.05, 3.63) is 0 Å². The highest BCUT2D eigenvalue weighted by Gasteiger charge is 2.44. The molecule has 0 saturated carbocycles. The minimum atomic E-state index is -0.0139. The molecule has 2 heterocycles. The molecule has 0 radical (unpaired) electrons. The van der Waals surface area contributed by atoms with Crippen LogP contribution in [-0.4, -0.2) is 25.5 Å². The molecule has 3 nitrogen and oxygen atoms in total. The SMILES string of the molecule is CC.O=C1NCCC12CCNC2. The van der Waals surface area contributed by atoms with E-state index in [0.717, 1.165) is 32.5 Å². The Morgan fingerprint density at radius 3 is 2.33 bits per heavy atom. The monoisotopic (exact) mass is 170 g/mol. The molecule has 1 unspecified atom stereocenters. The lowest BCUT2D eigenvalue weighted by atomic mass is 9.86. The molecule has 0 aromatic rings. The lowest BCUT2D eigenvalue weighted by molar-refractivity contribution is -0.126. The van der Waals surface area contributed by atoms with E-state index in [1.165, 1.54) is 0 Å². The first kappa shape index (κ1) is 9.52. The molecule has 2 aliphatic rings. The molecule has 0 aliphatic carbocycles. The maximum atomic E-state index is 11.2. The van der Waals surface area contributed by atoms with Gasteiger partial charge in [-0.3, -0.25) is 4.79 Å². The van der Waals surface area contributed by atoms with Gasteiger partial charge in [-0.2, -0.15) is 0 Å². The Balaban J connectivity index is 0.000000336. The van der Waals surface area contributed by atoms with Crippen LogP contribution in [0.25, 0.3) is 0 Å². The van der Waals surface area contributed by atoms with E-state index < -0.39 is 0 Å². The fourth-order valence-corrected chi connectivity index (χ4v) is 1.87. The Morgan fingerprint density at radius 2 is 1.92 bits per heavy atom. The van der Waals surface area contributed by atoms with E-state index in [-0.39, 0.29) is 11.3 Å². The summed E-state index contributed by atoms with van der Waals surface area (Å²) in [6.07, 6.45) is 2.05. The summed E-state index contributed by atoms with van der Waals surface area (Å²) in [5.74, 6) is 0.262. The first-order valence-electron chi connectivity index (χ1n) is 4.83. The highest BCUT2D eigenvalue weighted by Crippen LogP contribution is 2.32. The van der Waals surface area contributed by atoms with Crippen LogP contribution in [0.2, 0.25) is 0 Å². The zero-order valence-corrected chi connectivity index (χ0v) is 7.94. The maximum Gasteiger partial charge on any atom is 0.227 e. The highest BCUT2D eigenvalue weighted by molar-refractivity contribution is 5.85. The smallest absolute Gasteiger partial charge is 0.227 e. The summed E-state index contributed by atoms with van der Waals surface area (Å²) in [7, 11) is 0. The van der Waals surface area contributed by atoms with E-state index in [1.807, 2.05) is 13.8 Å². The molecule has 12 heavy (non-hydrogen) atoms. The van der Waals surface area contributed by atoms with Crippen molar-refractivity contribution in [2.75, 3.05) is 19.6 Å². The molecule has 3 heteroatoms. The van der Waals surface area contributed by atoms with Gasteiger partial charge < -0.3 is 10.6 Å². The van der Waals surface area contributed by atoms with Crippen molar-refractivity contribution in [1.29, 1.82) is 0 Å². The lowest BCUT2D eigenvalue weighted by Gasteiger charge is -2.16. The van der Waals surface area contributed by atoms with Crippen molar-refractivity contribution in [3.63, 3.8) is 0 Å². The minimum absolute atomic E-state index is 0.0139. The quantitative estimate of drug-likeness (QED) is 0.556. The number of amides is 1. The van der Waals surface area contributed by atoms with Crippen molar-refractivity contribution in [1.82, 2.24) is 10.6 Å². The predicted octanol–water partition coefficient (Wildman–Crippen LogP) is 0.512. The molecule has 2 aliphatic heterocycles. The van der Waals surface area contributed by atoms with Crippen LogP contribution in [-0.2, 0) is 4.79 Å². The summed E-state index contributed by atoms with van der Waals surface area (Å²) in [5.41, 5.74) is -0.0139. The Labute approximate surface area is 73.9 Å². The summed E-state index contributed by atoms with van der Waals surface area (Å²) in [5, 5.41) is 6.10. The molecule has 70 valence electrons. The number of nitrogens with one attached hydrogen (secondary N) is 2. The van der Waals surface area contributed by atoms with Crippen molar-refractivity contribution in [2.45, 2.75) is 26.7 Å². The van der Waals surface area contributed by atoms with Gasteiger partial charge in [0.25, 0.3) is 0 Å². The van der Waals surface area contributed by atoms with Gasteiger partial charge in [-0.1, -0.05) is 13.8 Å². The molecular weight excluding hydrogens is 152 g/mol. The van der Waals surface area contributed by atoms with Gasteiger partial charge in [0.1, 0.15) is 0 Å². The standard InChI is InChI=1S/C7H12N2O.C2H6/c10-6-7(2-4-9-6)1-3-8-5-7;1-2/h8H,1-5H2,(H,9,10);1-2H3. The molecule has 2 rings (SSSR count). The molecule has 0 bridgehead atoms. The molecule has 1 atom stereocenters. The Hall–Kier alpha value is -0.570. The van der Waals surface area contributed by atoms with E-state index in [0.29, 0.717) is 0 Å². The van der Waals surface area contributed by atoms with E-state index in [1.54, 1.807) is 0 Å². The van der Waals surface area contributed by atoms with E-state index in [9.17, 15) is 4.79 Å². The average molecular weight is 170 g/mol. The first-order chi connectivity index (χ1) is 5.83. The zero-order chi connectivity index (χ0) is 9.03. The van der Waals surface area contributed by atoms with Crippen LogP contribution in [0.4, 0.5) is 0 Å².